The Morgan fingerprint density at radius 1 is 0.857 bits per heavy atom. The van der Waals surface area contributed by atoms with Crippen LogP contribution in [0.3, 0.4) is 0 Å². The van der Waals surface area contributed by atoms with Crippen molar-refractivity contribution in [3.63, 3.8) is 0 Å². The summed E-state index contributed by atoms with van der Waals surface area (Å²) >= 11 is 0. The van der Waals surface area contributed by atoms with Crippen LogP contribution < -0.4 is 0 Å². The lowest BCUT2D eigenvalue weighted by Gasteiger charge is -2.36. The van der Waals surface area contributed by atoms with E-state index in [-0.39, 0.29) is 0 Å². The molecule has 4 N–H and O–H groups in total. The van der Waals surface area contributed by atoms with Gasteiger partial charge in [0.2, 0.25) is 5.54 Å². The predicted octanol–water partition coefficient (Wildman–Crippen LogP) is -0.0541. The molecule has 0 spiro atoms. The van der Waals surface area contributed by atoms with Crippen LogP contribution in [0.15, 0.2) is 0 Å². The van der Waals surface area contributed by atoms with Gasteiger partial charge in [0.05, 0.1) is 0 Å². The van der Waals surface area contributed by atoms with Crippen molar-refractivity contribution in [1.29, 1.82) is 0 Å². The highest BCUT2D eigenvalue weighted by Crippen LogP contribution is 2.21. The summed E-state index contributed by atoms with van der Waals surface area (Å²) in [6.45, 7) is 2.35. The Labute approximate surface area is 120 Å². The average Bonchev–Trinajstić information content (AvgIpc) is 2.37. The summed E-state index contributed by atoms with van der Waals surface area (Å²) in [6, 6.07) is 0. The van der Waals surface area contributed by atoms with E-state index in [4.69, 9.17) is 20.4 Å². The summed E-state index contributed by atoms with van der Waals surface area (Å²) in [6.07, 6.45) is 1.98. The number of hydrogen-bond acceptors (Lipinski definition) is 5. The minimum atomic E-state index is -1.76. The maximum Gasteiger partial charge on any atom is 0.335 e. The number of aliphatic carboxylic acids is 4. The minimum absolute atomic E-state index is 0.551. The molecule has 0 saturated carbocycles. The van der Waals surface area contributed by atoms with E-state index >= 15 is 0 Å². The normalized spacial score (nSPS) is 15.5. The fourth-order valence-corrected chi connectivity index (χ4v) is 1.83. The molecular formula is C12H19NO8. The molecular weight excluding hydrogens is 286 g/mol. The first-order valence-electron chi connectivity index (χ1n) is 6.27. The van der Waals surface area contributed by atoms with Crippen molar-refractivity contribution in [2.24, 2.45) is 0 Å². The highest BCUT2D eigenvalue weighted by Gasteiger charge is 2.47. The van der Waals surface area contributed by atoms with E-state index in [1.165, 1.54) is 11.8 Å². The van der Waals surface area contributed by atoms with Crippen LogP contribution in [0.1, 0.15) is 32.6 Å². The van der Waals surface area contributed by atoms with E-state index in [1.54, 1.807) is 0 Å². The molecule has 0 unspecified atom stereocenters. The number of piperidine rings is 1. The zero-order chi connectivity index (χ0) is 16.6. The summed E-state index contributed by atoms with van der Waals surface area (Å²) in [5, 5.41) is 33.3. The molecule has 1 rings (SSSR count). The van der Waals surface area contributed by atoms with Crippen LogP contribution in [0.4, 0.5) is 0 Å². The average molecular weight is 305 g/mol. The van der Waals surface area contributed by atoms with Crippen LogP contribution in [-0.4, -0.2) is 67.8 Å². The summed E-state index contributed by atoms with van der Waals surface area (Å²) in [5.74, 6) is -5.20. The molecule has 0 bridgehead atoms. The topological polar surface area (TPSA) is 152 Å². The first-order chi connectivity index (χ1) is 9.62. The second-order valence-corrected chi connectivity index (χ2v) is 4.69. The predicted molar refractivity (Wildman–Crippen MR) is 69.0 cm³/mol. The highest BCUT2D eigenvalue weighted by molar-refractivity contribution is 6.02. The van der Waals surface area contributed by atoms with E-state index in [1.807, 2.05) is 0 Å². The quantitative estimate of drug-likeness (QED) is 0.512. The Morgan fingerprint density at radius 3 is 1.48 bits per heavy atom. The molecule has 0 aromatic rings. The van der Waals surface area contributed by atoms with Crippen LogP contribution in [0, 0.1) is 0 Å². The molecule has 1 fully saturated rings. The monoisotopic (exact) mass is 305 g/mol. The van der Waals surface area contributed by atoms with Gasteiger partial charge in [-0.05, 0) is 32.9 Å². The maximum atomic E-state index is 10.9. The Kier molecular flexibility index (Phi) is 7.36. The molecule has 0 amide bonds. The molecule has 0 aromatic heterocycles. The van der Waals surface area contributed by atoms with Crippen molar-refractivity contribution in [2.75, 3.05) is 13.1 Å². The van der Waals surface area contributed by atoms with Crippen molar-refractivity contribution >= 4 is 23.9 Å². The molecule has 9 nitrogen and oxygen atoms in total. The van der Waals surface area contributed by atoms with E-state index in [0.29, 0.717) is 13.1 Å². The fraction of sp³-hybridized carbons (Fsp3) is 0.667. The Balaban J connectivity index is 0.000000486. The summed E-state index contributed by atoms with van der Waals surface area (Å²) in [7, 11) is 0. The molecule has 21 heavy (non-hydrogen) atoms. The van der Waals surface area contributed by atoms with Gasteiger partial charge < -0.3 is 20.4 Å². The summed E-state index contributed by atoms with van der Waals surface area (Å²) in [5.41, 5.74) is -1.76. The van der Waals surface area contributed by atoms with E-state index in [0.717, 1.165) is 19.3 Å². The molecule has 0 aliphatic carbocycles. The molecule has 0 radical (unpaired) electrons. The maximum absolute atomic E-state index is 10.9. The molecule has 1 aliphatic heterocycles. The standard InChI is InChI=1S/C9H15NO4.C3H4O4/c1-9(7(11)12,8(13)14)10-5-3-2-4-6-10;4-2(5)1-3(6)7/h2-6H2,1H3,(H,11,12)(H,13,14);1H2,(H,4,5)(H,6,7). The van der Waals surface area contributed by atoms with E-state index in [9.17, 15) is 19.2 Å². The van der Waals surface area contributed by atoms with Gasteiger partial charge >= 0.3 is 23.9 Å². The third kappa shape index (κ3) is 5.78. The lowest BCUT2D eigenvalue weighted by Crippen LogP contribution is -2.59. The lowest BCUT2D eigenvalue weighted by atomic mass is 9.97. The first-order valence-corrected chi connectivity index (χ1v) is 6.27. The second kappa shape index (κ2) is 8.20. The molecule has 120 valence electrons. The van der Waals surface area contributed by atoms with Gasteiger partial charge in [-0.1, -0.05) is 6.42 Å². The van der Waals surface area contributed by atoms with Crippen molar-refractivity contribution in [2.45, 2.75) is 38.1 Å². The van der Waals surface area contributed by atoms with Crippen molar-refractivity contribution in [3.05, 3.63) is 0 Å². The number of carbonyl (C=O) groups is 4. The number of nitrogens with zero attached hydrogens (tertiary/aromatic N) is 1. The smallest absolute Gasteiger partial charge is 0.335 e. The van der Waals surface area contributed by atoms with Gasteiger partial charge in [0.25, 0.3) is 0 Å². The Bertz CT molecular complexity index is 387. The van der Waals surface area contributed by atoms with Gasteiger partial charge in [-0.2, -0.15) is 0 Å². The van der Waals surface area contributed by atoms with E-state index < -0.39 is 35.8 Å². The van der Waals surface area contributed by atoms with Gasteiger partial charge in [-0.3, -0.25) is 14.5 Å². The largest absolute Gasteiger partial charge is 0.481 e. The second-order valence-electron chi connectivity index (χ2n) is 4.69. The van der Waals surface area contributed by atoms with Crippen LogP contribution in [0.2, 0.25) is 0 Å². The van der Waals surface area contributed by atoms with Crippen molar-refractivity contribution in [1.82, 2.24) is 4.90 Å². The number of rotatable bonds is 5. The zero-order valence-corrected chi connectivity index (χ0v) is 11.6. The van der Waals surface area contributed by atoms with Gasteiger partial charge in [-0.25, -0.2) is 9.59 Å². The third-order valence-corrected chi connectivity index (χ3v) is 3.12. The number of carboxylic acid groups (broad SMARTS) is 4. The fourth-order valence-electron chi connectivity index (χ4n) is 1.83. The number of hydrogen-bond donors (Lipinski definition) is 4. The molecule has 1 saturated heterocycles. The third-order valence-electron chi connectivity index (χ3n) is 3.12. The van der Waals surface area contributed by atoms with Crippen molar-refractivity contribution in [3.8, 4) is 0 Å². The van der Waals surface area contributed by atoms with Crippen LogP contribution in [-0.2, 0) is 19.2 Å². The SMILES string of the molecule is CC(C(=O)O)(C(=O)O)N1CCCCC1.O=C(O)CC(=O)O. The van der Waals surface area contributed by atoms with Crippen molar-refractivity contribution < 1.29 is 39.6 Å². The van der Waals surface area contributed by atoms with Gasteiger partial charge in [-0.15, -0.1) is 0 Å². The number of carboxylic acids is 4. The van der Waals surface area contributed by atoms with Gasteiger partial charge in [0.15, 0.2) is 0 Å². The minimum Gasteiger partial charge on any atom is -0.481 e. The summed E-state index contributed by atoms with van der Waals surface area (Å²) in [4.78, 5) is 42.3. The van der Waals surface area contributed by atoms with Gasteiger partial charge in [0, 0.05) is 0 Å². The highest BCUT2D eigenvalue weighted by atomic mass is 16.4. The van der Waals surface area contributed by atoms with Crippen LogP contribution >= 0.6 is 0 Å². The summed E-state index contributed by atoms with van der Waals surface area (Å²) < 4.78 is 0. The molecule has 1 heterocycles. The molecule has 0 aromatic carbocycles. The zero-order valence-electron chi connectivity index (χ0n) is 11.6. The molecule has 1 aliphatic rings. The Morgan fingerprint density at radius 2 is 1.24 bits per heavy atom. The number of likely N-dealkylation sites (tertiary alicyclic amines) is 1. The van der Waals surface area contributed by atoms with Crippen LogP contribution in [0.5, 0.6) is 0 Å². The first kappa shape index (κ1) is 18.8. The Hall–Kier alpha value is -2.16. The molecule has 9 heteroatoms. The van der Waals surface area contributed by atoms with E-state index in [2.05, 4.69) is 0 Å². The lowest BCUT2D eigenvalue weighted by molar-refractivity contribution is -0.167. The molecule has 0 atom stereocenters. The van der Waals surface area contributed by atoms with Gasteiger partial charge in [0.1, 0.15) is 6.42 Å². The van der Waals surface area contributed by atoms with Crippen LogP contribution in [0.25, 0.3) is 0 Å².